The number of rotatable bonds is 1. The van der Waals surface area contributed by atoms with E-state index in [9.17, 15) is 0 Å². The lowest BCUT2D eigenvalue weighted by Gasteiger charge is -2.13. The number of aryl methyl sites for hydroxylation is 1. The van der Waals surface area contributed by atoms with Crippen LogP contribution in [0.5, 0.6) is 0 Å². The molecule has 0 aliphatic carbocycles. The standard InChI is InChI=1S/C14H16N2S2/c1-5-10-15-8-6-7-9-12(11(8)17-10)18-13(16-9)14(2,3)4/h6-7H,5H2,1-4H3. The highest BCUT2D eigenvalue weighted by molar-refractivity contribution is 7.26. The number of hydrogen-bond acceptors (Lipinski definition) is 4. The van der Waals surface area contributed by atoms with Crippen LogP contribution in [-0.4, -0.2) is 9.97 Å². The number of aromatic nitrogens is 2. The monoisotopic (exact) mass is 276 g/mol. The molecule has 0 N–H and O–H groups in total. The van der Waals surface area contributed by atoms with Crippen LogP contribution in [0.3, 0.4) is 0 Å². The number of fused-ring (bicyclic) bond motifs is 3. The maximum absolute atomic E-state index is 4.77. The van der Waals surface area contributed by atoms with Crippen LogP contribution in [0.4, 0.5) is 0 Å². The normalized spacial score (nSPS) is 12.7. The van der Waals surface area contributed by atoms with Crippen LogP contribution in [0.15, 0.2) is 12.1 Å². The Balaban J connectivity index is 2.32. The van der Waals surface area contributed by atoms with Gasteiger partial charge in [-0.15, -0.1) is 22.7 Å². The fourth-order valence-electron chi connectivity index (χ4n) is 1.89. The summed E-state index contributed by atoms with van der Waals surface area (Å²) >= 11 is 3.63. The van der Waals surface area contributed by atoms with Gasteiger partial charge in [-0.1, -0.05) is 27.7 Å². The summed E-state index contributed by atoms with van der Waals surface area (Å²) in [6.45, 7) is 8.80. The van der Waals surface area contributed by atoms with Crippen LogP contribution in [0.25, 0.3) is 20.4 Å². The second-order valence-electron chi connectivity index (χ2n) is 5.49. The molecule has 4 heteroatoms. The van der Waals surface area contributed by atoms with Gasteiger partial charge in [0.25, 0.3) is 0 Å². The Morgan fingerprint density at radius 3 is 2.22 bits per heavy atom. The van der Waals surface area contributed by atoms with Crippen molar-refractivity contribution in [3.05, 3.63) is 22.1 Å². The molecule has 0 fully saturated rings. The zero-order chi connectivity index (χ0) is 12.9. The molecule has 0 saturated carbocycles. The zero-order valence-corrected chi connectivity index (χ0v) is 12.7. The van der Waals surface area contributed by atoms with Crippen molar-refractivity contribution < 1.29 is 0 Å². The molecule has 0 bridgehead atoms. The molecule has 0 saturated heterocycles. The van der Waals surface area contributed by atoms with Gasteiger partial charge in [-0.3, -0.25) is 0 Å². The third-order valence-corrected chi connectivity index (χ3v) is 5.78. The van der Waals surface area contributed by atoms with Gasteiger partial charge in [-0.2, -0.15) is 0 Å². The topological polar surface area (TPSA) is 25.8 Å². The van der Waals surface area contributed by atoms with Crippen molar-refractivity contribution in [3.8, 4) is 0 Å². The lowest BCUT2D eigenvalue weighted by atomic mass is 9.98. The number of benzene rings is 1. The molecule has 0 spiro atoms. The predicted octanol–water partition coefficient (Wildman–Crippen LogP) is 4.77. The molecule has 2 aromatic heterocycles. The minimum atomic E-state index is 0.119. The summed E-state index contributed by atoms with van der Waals surface area (Å²) in [6, 6.07) is 4.20. The molecule has 2 heterocycles. The van der Waals surface area contributed by atoms with Gasteiger partial charge in [0.2, 0.25) is 0 Å². The maximum atomic E-state index is 4.77. The molecule has 0 radical (unpaired) electrons. The highest BCUT2D eigenvalue weighted by Crippen LogP contribution is 2.37. The van der Waals surface area contributed by atoms with Gasteiger partial charge in [0.15, 0.2) is 0 Å². The molecular formula is C14H16N2S2. The summed E-state index contributed by atoms with van der Waals surface area (Å²) in [6.07, 6.45) is 1.01. The van der Waals surface area contributed by atoms with Crippen LogP contribution < -0.4 is 0 Å². The van der Waals surface area contributed by atoms with E-state index < -0.39 is 0 Å². The number of thiazole rings is 2. The molecule has 3 aromatic rings. The van der Waals surface area contributed by atoms with E-state index in [2.05, 4.69) is 44.8 Å². The van der Waals surface area contributed by atoms with E-state index in [1.807, 2.05) is 22.7 Å². The molecule has 0 aliphatic rings. The van der Waals surface area contributed by atoms with Crippen molar-refractivity contribution in [3.63, 3.8) is 0 Å². The Labute approximate surface area is 115 Å². The van der Waals surface area contributed by atoms with Gasteiger partial charge in [0.05, 0.1) is 30.4 Å². The van der Waals surface area contributed by atoms with E-state index in [1.54, 1.807) is 0 Å². The third-order valence-electron chi connectivity index (χ3n) is 2.90. The Bertz CT molecular complexity index is 716. The molecule has 0 atom stereocenters. The SMILES string of the molecule is CCc1nc2ccc3nc(C(C)(C)C)sc3c2s1. The first kappa shape index (κ1) is 12.1. The highest BCUT2D eigenvalue weighted by Gasteiger charge is 2.20. The lowest BCUT2D eigenvalue weighted by Crippen LogP contribution is -2.09. The van der Waals surface area contributed by atoms with Crippen molar-refractivity contribution in [2.45, 2.75) is 39.5 Å². The second kappa shape index (κ2) is 4.00. The van der Waals surface area contributed by atoms with E-state index in [0.717, 1.165) is 17.5 Å². The van der Waals surface area contributed by atoms with Crippen LogP contribution in [0, 0.1) is 0 Å². The van der Waals surface area contributed by atoms with Crippen LogP contribution in [0.2, 0.25) is 0 Å². The van der Waals surface area contributed by atoms with Crippen molar-refractivity contribution in [2.24, 2.45) is 0 Å². The van der Waals surface area contributed by atoms with Crippen LogP contribution >= 0.6 is 22.7 Å². The van der Waals surface area contributed by atoms with E-state index in [4.69, 9.17) is 4.98 Å². The minimum Gasteiger partial charge on any atom is -0.241 e. The van der Waals surface area contributed by atoms with Crippen molar-refractivity contribution >= 4 is 43.1 Å². The average molecular weight is 276 g/mol. The third kappa shape index (κ3) is 1.84. The lowest BCUT2D eigenvalue weighted by molar-refractivity contribution is 0.587. The Hall–Kier alpha value is -1.00. The van der Waals surface area contributed by atoms with E-state index in [1.165, 1.54) is 19.4 Å². The van der Waals surface area contributed by atoms with Gasteiger partial charge in [-0.05, 0) is 18.6 Å². The van der Waals surface area contributed by atoms with Crippen LogP contribution in [-0.2, 0) is 11.8 Å². The van der Waals surface area contributed by atoms with Crippen molar-refractivity contribution in [1.82, 2.24) is 9.97 Å². The summed E-state index contributed by atoms with van der Waals surface area (Å²) in [7, 11) is 0. The Morgan fingerprint density at radius 1 is 1.00 bits per heavy atom. The summed E-state index contributed by atoms with van der Waals surface area (Å²) in [5, 5.41) is 2.42. The molecule has 0 unspecified atom stereocenters. The highest BCUT2D eigenvalue weighted by atomic mass is 32.1. The summed E-state index contributed by atoms with van der Waals surface area (Å²) in [5.41, 5.74) is 2.35. The van der Waals surface area contributed by atoms with Gasteiger partial charge in [0.1, 0.15) is 0 Å². The summed E-state index contributed by atoms with van der Waals surface area (Å²) in [5.74, 6) is 0. The first-order valence-corrected chi connectivity index (χ1v) is 7.82. The van der Waals surface area contributed by atoms with Gasteiger partial charge in [0, 0.05) is 5.41 Å². The van der Waals surface area contributed by atoms with E-state index in [-0.39, 0.29) is 5.41 Å². The minimum absolute atomic E-state index is 0.119. The maximum Gasteiger partial charge on any atom is 0.0992 e. The van der Waals surface area contributed by atoms with Gasteiger partial charge in [-0.25, -0.2) is 9.97 Å². The Morgan fingerprint density at radius 2 is 1.61 bits per heavy atom. The van der Waals surface area contributed by atoms with E-state index >= 15 is 0 Å². The average Bonchev–Trinajstić information content (AvgIpc) is 2.90. The van der Waals surface area contributed by atoms with E-state index in [0.29, 0.717) is 0 Å². The molecule has 0 aliphatic heterocycles. The molecular weight excluding hydrogens is 260 g/mol. The smallest absolute Gasteiger partial charge is 0.0992 e. The summed E-state index contributed by atoms with van der Waals surface area (Å²) < 4.78 is 2.60. The molecule has 2 nitrogen and oxygen atoms in total. The molecule has 18 heavy (non-hydrogen) atoms. The fourth-order valence-corrected chi connectivity index (χ4v) is 4.14. The first-order valence-electron chi connectivity index (χ1n) is 6.18. The number of hydrogen-bond donors (Lipinski definition) is 0. The van der Waals surface area contributed by atoms with Gasteiger partial charge < -0.3 is 0 Å². The van der Waals surface area contributed by atoms with Crippen molar-refractivity contribution in [1.29, 1.82) is 0 Å². The molecule has 3 rings (SSSR count). The zero-order valence-electron chi connectivity index (χ0n) is 11.1. The molecule has 1 aromatic carbocycles. The van der Waals surface area contributed by atoms with Crippen molar-refractivity contribution in [2.75, 3.05) is 0 Å². The molecule has 0 amide bonds. The molecule has 94 valence electrons. The van der Waals surface area contributed by atoms with Crippen LogP contribution in [0.1, 0.15) is 37.7 Å². The first-order chi connectivity index (χ1) is 8.49. The largest absolute Gasteiger partial charge is 0.241 e. The summed E-state index contributed by atoms with van der Waals surface area (Å²) in [4.78, 5) is 9.42. The van der Waals surface area contributed by atoms with Gasteiger partial charge >= 0.3 is 0 Å². The number of nitrogens with zero attached hydrogens (tertiary/aromatic N) is 2. The predicted molar refractivity (Wildman–Crippen MR) is 80.9 cm³/mol. The Kier molecular flexibility index (Phi) is 2.68. The quantitative estimate of drug-likeness (QED) is 0.640. The second-order valence-corrected chi connectivity index (χ2v) is 7.57. The fraction of sp³-hybridized carbons (Fsp3) is 0.429.